The van der Waals surface area contributed by atoms with Crippen LogP contribution in [0.4, 0.5) is 11.5 Å². The van der Waals surface area contributed by atoms with Gasteiger partial charge in [0, 0.05) is 31.1 Å². The zero-order valence-electron chi connectivity index (χ0n) is 14.8. The second-order valence-electron chi connectivity index (χ2n) is 6.71. The van der Waals surface area contributed by atoms with Crippen LogP contribution in [0.5, 0.6) is 0 Å². The number of hydrogen-bond donors (Lipinski definition) is 2. The number of carbonyl (C=O) groups is 1. The largest absolute Gasteiger partial charge is 0.368 e. The summed E-state index contributed by atoms with van der Waals surface area (Å²) >= 11 is 1.65. The Kier molecular flexibility index (Phi) is 6.51. The molecule has 2 aliphatic rings. The highest BCUT2D eigenvalue weighted by atomic mass is 35.5. The fourth-order valence-electron chi connectivity index (χ4n) is 3.53. The van der Waals surface area contributed by atoms with Crippen molar-refractivity contribution in [3.63, 3.8) is 0 Å². The predicted octanol–water partition coefficient (Wildman–Crippen LogP) is 3.50. The molecule has 1 fully saturated rings. The van der Waals surface area contributed by atoms with E-state index in [1.807, 2.05) is 18.3 Å². The van der Waals surface area contributed by atoms with Gasteiger partial charge in [-0.15, -0.1) is 23.7 Å². The van der Waals surface area contributed by atoms with Crippen LogP contribution in [0.2, 0.25) is 0 Å². The van der Waals surface area contributed by atoms with Gasteiger partial charge in [-0.1, -0.05) is 6.42 Å². The monoisotopic (exact) mass is 392 g/mol. The van der Waals surface area contributed by atoms with Gasteiger partial charge < -0.3 is 15.5 Å². The summed E-state index contributed by atoms with van der Waals surface area (Å²) in [6, 6.07) is 6.02. The van der Waals surface area contributed by atoms with Crippen molar-refractivity contribution in [1.29, 1.82) is 0 Å². The molecule has 26 heavy (non-hydrogen) atoms. The number of thiophene rings is 1. The fourth-order valence-corrected chi connectivity index (χ4v) is 4.68. The molecular formula is C19H25ClN4OS. The van der Waals surface area contributed by atoms with E-state index in [0.29, 0.717) is 5.82 Å². The van der Waals surface area contributed by atoms with Crippen molar-refractivity contribution < 1.29 is 4.79 Å². The van der Waals surface area contributed by atoms with Gasteiger partial charge in [0.15, 0.2) is 0 Å². The minimum Gasteiger partial charge on any atom is -0.368 e. The van der Waals surface area contributed by atoms with Crippen LogP contribution in [0, 0.1) is 0 Å². The molecular weight excluding hydrogens is 368 g/mol. The molecule has 140 valence electrons. The van der Waals surface area contributed by atoms with E-state index in [4.69, 9.17) is 0 Å². The smallest absolute Gasteiger partial charge is 0.266 e. The molecule has 0 spiro atoms. The number of aryl methyl sites for hydroxylation is 2. The van der Waals surface area contributed by atoms with Gasteiger partial charge >= 0.3 is 0 Å². The van der Waals surface area contributed by atoms with Crippen molar-refractivity contribution in [3.8, 4) is 0 Å². The first-order valence-electron chi connectivity index (χ1n) is 9.14. The maximum Gasteiger partial charge on any atom is 0.266 e. The molecule has 0 atom stereocenters. The van der Waals surface area contributed by atoms with Crippen LogP contribution in [-0.2, 0) is 12.8 Å². The van der Waals surface area contributed by atoms with E-state index in [1.54, 1.807) is 11.3 Å². The van der Waals surface area contributed by atoms with Gasteiger partial charge in [0.1, 0.15) is 5.82 Å². The van der Waals surface area contributed by atoms with E-state index >= 15 is 0 Å². The molecule has 2 aromatic heterocycles. The van der Waals surface area contributed by atoms with Crippen molar-refractivity contribution in [2.45, 2.75) is 32.1 Å². The van der Waals surface area contributed by atoms with Crippen molar-refractivity contribution in [2.24, 2.45) is 0 Å². The van der Waals surface area contributed by atoms with Gasteiger partial charge in [-0.05, 0) is 49.4 Å². The molecule has 1 aliphatic carbocycles. The molecule has 7 heteroatoms. The maximum atomic E-state index is 12.5. The number of nitrogens with one attached hydrogen (secondary N) is 2. The van der Waals surface area contributed by atoms with Crippen LogP contribution in [0.3, 0.4) is 0 Å². The molecule has 2 aromatic rings. The van der Waals surface area contributed by atoms with Gasteiger partial charge in [0.2, 0.25) is 0 Å². The SMILES string of the molecule is Cl.O=C(Nc1ccc(N2CCNCC2)cn1)c1cc2c(s1)CCCCC2. The van der Waals surface area contributed by atoms with Gasteiger partial charge in [0.25, 0.3) is 5.91 Å². The lowest BCUT2D eigenvalue weighted by molar-refractivity contribution is 0.103. The number of piperazine rings is 1. The lowest BCUT2D eigenvalue weighted by atomic mass is 10.1. The molecule has 0 radical (unpaired) electrons. The second kappa shape index (κ2) is 8.84. The Morgan fingerprint density at radius 2 is 1.96 bits per heavy atom. The molecule has 0 saturated carbocycles. The molecule has 4 rings (SSSR count). The Balaban J connectivity index is 0.00000196. The molecule has 2 N–H and O–H groups in total. The average Bonchev–Trinajstić information content (AvgIpc) is 2.94. The minimum atomic E-state index is -0.0412. The summed E-state index contributed by atoms with van der Waals surface area (Å²) in [5.74, 6) is 0.577. The quantitative estimate of drug-likeness (QED) is 0.785. The van der Waals surface area contributed by atoms with Crippen molar-refractivity contribution in [2.75, 3.05) is 36.4 Å². The highest BCUT2D eigenvalue weighted by Gasteiger charge is 2.17. The summed E-state index contributed by atoms with van der Waals surface area (Å²) in [6.45, 7) is 3.99. The number of anilines is 2. The molecule has 0 bridgehead atoms. The molecule has 5 nitrogen and oxygen atoms in total. The van der Waals surface area contributed by atoms with Crippen molar-refractivity contribution in [3.05, 3.63) is 39.7 Å². The Bertz CT molecular complexity index is 717. The molecule has 0 unspecified atom stereocenters. The Hall–Kier alpha value is -1.63. The van der Waals surface area contributed by atoms with Crippen LogP contribution < -0.4 is 15.5 Å². The van der Waals surface area contributed by atoms with Crippen LogP contribution >= 0.6 is 23.7 Å². The van der Waals surface area contributed by atoms with Crippen molar-refractivity contribution >= 4 is 41.2 Å². The summed E-state index contributed by atoms with van der Waals surface area (Å²) in [6.07, 6.45) is 7.85. The standard InChI is InChI=1S/C19H24N4OS.ClH/c24-19(17-12-14-4-2-1-3-5-16(14)25-17)22-18-7-6-15(13-21-18)23-10-8-20-9-11-23;/h6-7,12-13,20H,1-5,8-11H2,(H,21,22,24);1H. The summed E-state index contributed by atoms with van der Waals surface area (Å²) in [7, 11) is 0. The number of amides is 1. The maximum absolute atomic E-state index is 12.5. The first-order valence-corrected chi connectivity index (χ1v) is 9.96. The van der Waals surface area contributed by atoms with Crippen LogP contribution in [0.25, 0.3) is 0 Å². The summed E-state index contributed by atoms with van der Waals surface area (Å²) in [4.78, 5) is 21.5. The van der Waals surface area contributed by atoms with Crippen LogP contribution in [0.15, 0.2) is 24.4 Å². The number of hydrogen-bond acceptors (Lipinski definition) is 5. The third-order valence-electron chi connectivity index (χ3n) is 4.94. The number of rotatable bonds is 3. The number of pyridine rings is 1. The van der Waals surface area contributed by atoms with Gasteiger partial charge in [-0.25, -0.2) is 4.98 Å². The van der Waals surface area contributed by atoms with Crippen LogP contribution in [-0.4, -0.2) is 37.1 Å². The number of carbonyl (C=O) groups excluding carboxylic acids is 1. The lowest BCUT2D eigenvalue weighted by Crippen LogP contribution is -2.43. The second-order valence-corrected chi connectivity index (χ2v) is 7.85. The van der Waals surface area contributed by atoms with Gasteiger partial charge in [-0.2, -0.15) is 0 Å². The zero-order valence-corrected chi connectivity index (χ0v) is 16.4. The van der Waals surface area contributed by atoms with E-state index < -0.39 is 0 Å². The number of nitrogens with zero attached hydrogens (tertiary/aromatic N) is 2. The average molecular weight is 393 g/mol. The zero-order chi connectivity index (χ0) is 17.1. The normalized spacial score (nSPS) is 17.0. The third kappa shape index (κ3) is 4.37. The van der Waals surface area contributed by atoms with Gasteiger partial charge in [0.05, 0.1) is 16.8 Å². The fraction of sp³-hybridized carbons (Fsp3) is 0.474. The van der Waals surface area contributed by atoms with E-state index in [9.17, 15) is 4.79 Å². The molecule has 1 saturated heterocycles. The highest BCUT2D eigenvalue weighted by Crippen LogP contribution is 2.29. The Morgan fingerprint density at radius 3 is 2.73 bits per heavy atom. The van der Waals surface area contributed by atoms with E-state index in [1.165, 1.54) is 29.7 Å². The molecule has 0 aromatic carbocycles. The number of halogens is 1. The predicted molar refractivity (Wildman–Crippen MR) is 110 cm³/mol. The first kappa shape index (κ1) is 19.1. The van der Waals surface area contributed by atoms with Gasteiger partial charge in [-0.3, -0.25) is 4.79 Å². The van der Waals surface area contributed by atoms with Crippen LogP contribution in [0.1, 0.15) is 39.4 Å². The molecule has 1 amide bonds. The summed E-state index contributed by atoms with van der Waals surface area (Å²) in [5.41, 5.74) is 2.48. The number of aromatic nitrogens is 1. The Morgan fingerprint density at radius 1 is 1.15 bits per heavy atom. The topological polar surface area (TPSA) is 57.3 Å². The Labute approximate surface area is 164 Å². The highest BCUT2D eigenvalue weighted by molar-refractivity contribution is 7.14. The first-order chi connectivity index (χ1) is 12.3. The van der Waals surface area contributed by atoms with E-state index in [-0.39, 0.29) is 18.3 Å². The lowest BCUT2D eigenvalue weighted by Gasteiger charge is -2.29. The van der Waals surface area contributed by atoms with Crippen molar-refractivity contribution in [1.82, 2.24) is 10.3 Å². The van der Waals surface area contributed by atoms with E-state index in [2.05, 4.69) is 26.6 Å². The number of fused-ring (bicyclic) bond motifs is 1. The molecule has 3 heterocycles. The minimum absolute atomic E-state index is 0. The summed E-state index contributed by atoms with van der Waals surface area (Å²) < 4.78 is 0. The van der Waals surface area contributed by atoms with E-state index in [0.717, 1.165) is 49.6 Å². The third-order valence-corrected chi connectivity index (χ3v) is 6.18. The summed E-state index contributed by atoms with van der Waals surface area (Å²) in [5, 5.41) is 6.29. The molecule has 1 aliphatic heterocycles.